The topological polar surface area (TPSA) is 35.5 Å². The number of fused-ring (bicyclic) bond motifs is 2. The van der Waals surface area contributed by atoms with Crippen molar-refractivity contribution in [1.29, 1.82) is 0 Å². The molecule has 0 bridgehead atoms. The van der Waals surface area contributed by atoms with Crippen molar-refractivity contribution < 1.29 is 14.3 Å². The van der Waals surface area contributed by atoms with Gasteiger partial charge >= 0.3 is 0 Å². The van der Waals surface area contributed by atoms with Crippen LogP contribution < -0.4 is 0 Å². The third kappa shape index (κ3) is 12.1. The Morgan fingerprint density at radius 2 is 0.952 bits per heavy atom. The molecular weight excluding hydrogens is 844 g/mol. The molecular formula is C55H60Cl2O3S2. The Hall–Kier alpha value is -4.13. The summed E-state index contributed by atoms with van der Waals surface area (Å²) in [6.07, 6.45) is 6.17. The molecule has 6 aromatic rings. The molecule has 0 aliphatic heterocycles. The van der Waals surface area contributed by atoms with Crippen molar-refractivity contribution >= 4 is 74.1 Å². The van der Waals surface area contributed by atoms with Crippen LogP contribution in [-0.4, -0.2) is 40.3 Å². The number of rotatable bonds is 20. The summed E-state index contributed by atoms with van der Waals surface area (Å²) < 4.78 is 10.9. The summed E-state index contributed by atoms with van der Waals surface area (Å²) in [6.45, 7) is 12.7. The SMILES string of the molecule is COC(=CC(C)(Sc1ccccc1)C(CC(=O)CC(c1cccc2cc(C)ccc12)C(C)(C=C(CC(C)Cl)OC)Sc1ccccc1)c1cccc2cc(C)ccc12)CC(C)Cl. The molecule has 6 aromatic carbocycles. The number of alkyl halides is 2. The van der Waals surface area contributed by atoms with E-state index in [9.17, 15) is 0 Å². The first-order valence-electron chi connectivity index (χ1n) is 21.5. The first-order chi connectivity index (χ1) is 29.7. The minimum Gasteiger partial charge on any atom is -0.501 e. The van der Waals surface area contributed by atoms with Crippen molar-refractivity contribution in [3.8, 4) is 0 Å². The van der Waals surface area contributed by atoms with E-state index in [1.54, 1.807) is 37.7 Å². The van der Waals surface area contributed by atoms with Crippen LogP contribution in [0.15, 0.2) is 167 Å². The van der Waals surface area contributed by atoms with E-state index < -0.39 is 9.49 Å². The molecule has 0 fully saturated rings. The van der Waals surface area contributed by atoms with Crippen molar-refractivity contribution in [2.24, 2.45) is 0 Å². The maximum Gasteiger partial charge on any atom is 0.134 e. The third-order valence-corrected chi connectivity index (χ3v) is 14.7. The van der Waals surface area contributed by atoms with Gasteiger partial charge in [0.05, 0.1) is 25.7 Å². The number of hydrogen-bond acceptors (Lipinski definition) is 5. The lowest BCUT2D eigenvalue weighted by molar-refractivity contribution is -0.120. The smallest absolute Gasteiger partial charge is 0.134 e. The average Bonchev–Trinajstić information content (AvgIpc) is 3.24. The molecule has 0 saturated heterocycles. The number of thioether (sulfide) groups is 2. The number of hydrogen-bond donors (Lipinski definition) is 0. The lowest BCUT2D eigenvalue weighted by Crippen LogP contribution is -2.33. The largest absolute Gasteiger partial charge is 0.501 e. The lowest BCUT2D eigenvalue weighted by atomic mass is 9.76. The summed E-state index contributed by atoms with van der Waals surface area (Å²) >= 11 is 16.8. The van der Waals surface area contributed by atoms with Gasteiger partial charge in [-0.2, -0.15) is 0 Å². The van der Waals surface area contributed by atoms with Crippen molar-refractivity contribution in [3.05, 3.63) is 179 Å². The van der Waals surface area contributed by atoms with E-state index in [-0.39, 0.29) is 28.4 Å². The molecule has 6 unspecified atom stereocenters. The zero-order chi connectivity index (χ0) is 44.4. The van der Waals surface area contributed by atoms with Crippen molar-refractivity contribution in [2.45, 2.75) is 109 Å². The highest BCUT2D eigenvalue weighted by molar-refractivity contribution is 8.01. The van der Waals surface area contributed by atoms with Crippen LogP contribution in [-0.2, 0) is 14.3 Å². The highest BCUT2D eigenvalue weighted by Gasteiger charge is 2.42. The quantitative estimate of drug-likeness (QED) is 0.0433. The van der Waals surface area contributed by atoms with E-state index in [2.05, 4.69) is 161 Å². The first-order valence-corrected chi connectivity index (χ1v) is 24.0. The monoisotopic (exact) mass is 902 g/mol. The minimum absolute atomic E-state index is 0.135. The second kappa shape index (κ2) is 21.5. The van der Waals surface area contributed by atoms with Crippen molar-refractivity contribution in [3.63, 3.8) is 0 Å². The predicted octanol–water partition coefficient (Wildman–Crippen LogP) is 16.0. The van der Waals surface area contributed by atoms with Crippen LogP contribution in [0.5, 0.6) is 0 Å². The molecule has 0 aliphatic carbocycles. The maximum absolute atomic E-state index is 15.7. The summed E-state index contributed by atoms with van der Waals surface area (Å²) in [5.41, 5.74) is 4.64. The molecule has 0 radical (unpaired) electrons. The highest BCUT2D eigenvalue weighted by Crippen LogP contribution is 2.52. The summed E-state index contributed by atoms with van der Waals surface area (Å²) in [4.78, 5) is 17.9. The van der Waals surface area contributed by atoms with Crippen molar-refractivity contribution in [1.82, 2.24) is 0 Å². The maximum atomic E-state index is 15.7. The fraction of sp³-hybridized carbons (Fsp3) is 0.327. The summed E-state index contributed by atoms with van der Waals surface area (Å²) in [5.74, 6) is 1.26. The molecule has 62 heavy (non-hydrogen) atoms. The average molecular weight is 904 g/mol. The normalized spacial score (nSPS) is 16.2. The molecule has 0 N–H and O–H groups in total. The Morgan fingerprint density at radius 3 is 1.31 bits per heavy atom. The molecule has 7 heteroatoms. The molecule has 3 nitrogen and oxygen atoms in total. The summed E-state index contributed by atoms with van der Waals surface area (Å²) in [6, 6.07) is 47.2. The van der Waals surface area contributed by atoms with E-state index in [0.29, 0.717) is 25.7 Å². The van der Waals surface area contributed by atoms with Gasteiger partial charge in [-0.3, -0.25) is 4.79 Å². The van der Waals surface area contributed by atoms with Gasteiger partial charge in [-0.05, 0) is 111 Å². The Morgan fingerprint density at radius 1 is 0.565 bits per heavy atom. The zero-order valence-corrected chi connectivity index (χ0v) is 40.4. The number of ketones is 1. The van der Waals surface area contributed by atoms with Gasteiger partial charge in [-0.25, -0.2) is 0 Å². The van der Waals surface area contributed by atoms with E-state index in [0.717, 1.165) is 54.0 Å². The number of benzene rings is 6. The van der Waals surface area contributed by atoms with Gasteiger partial charge in [-0.15, -0.1) is 46.7 Å². The number of Topliss-reactive ketones (excluding diaryl/α,β-unsaturated/α-hetero) is 1. The number of carbonyl (C=O) groups is 1. The first kappa shape index (κ1) is 47.4. The number of aryl methyl sites for hydroxylation is 2. The fourth-order valence-corrected chi connectivity index (χ4v) is 11.7. The summed E-state index contributed by atoms with van der Waals surface area (Å²) in [7, 11) is 3.43. The Balaban J connectivity index is 1.57. The van der Waals surface area contributed by atoms with Gasteiger partial charge in [0.1, 0.15) is 5.78 Å². The number of ether oxygens (including phenoxy) is 2. The Bertz CT molecular complexity index is 2330. The minimum atomic E-state index is -0.637. The van der Waals surface area contributed by atoms with E-state index in [1.807, 2.05) is 26.0 Å². The van der Waals surface area contributed by atoms with Gasteiger partial charge in [-0.1, -0.05) is 120 Å². The molecule has 6 atom stereocenters. The number of methoxy groups -OCH3 is 2. The van der Waals surface area contributed by atoms with Gasteiger partial charge in [0.2, 0.25) is 0 Å². The molecule has 0 aromatic heterocycles. The van der Waals surface area contributed by atoms with Gasteiger partial charge in [0.25, 0.3) is 0 Å². The Labute approximate surface area is 388 Å². The zero-order valence-electron chi connectivity index (χ0n) is 37.3. The van der Waals surface area contributed by atoms with Gasteiger partial charge in [0.15, 0.2) is 0 Å². The van der Waals surface area contributed by atoms with E-state index in [1.165, 1.54) is 11.1 Å². The van der Waals surface area contributed by atoms with E-state index in [4.69, 9.17) is 32.7 Å². The molecule has 0 amide bonds. The number of allylic oxidation sites excluding steroid dienone is 2. The van der Waals surface area contributed by atoms with Crippen LogP contribution >= 0.6 is 46.7 Å². The standard InChI is InChI=1S/C55H60Cl2O3S2/c1-37-25-27-48-41(29-37)17-15-23-50(48)52(54(5,35-44(59-7)31-39(3)56)61-46-19-11-9-12-20-46)33-43(58)34-53(51-24-16-18-42-30-38(2)26-28-49(42)51)55(6,36-45(60-8)32-40(4)57)62-47-21-13-10-14-22-47/h9-30,35-36,39-40,52-53H,31-34H2,1-8H3. The van der Waals surface area contributed by atoms with Crippen LogP contribution in [0.3, 0.4) is 0 Å². The van der Waals surface area contributed by atoms with Gasteiger partial charge < -0.3 is 9.47 Å². The molecule has 324 valence electrons. The van der Waals surface area contributed by atoms with Crippen LogP contribution in [0.25, 0.3) is 21.5 Å². The van der Waals surface area contributed by atoms with Crippen molar-refractivity contribution in [2.75, 3.05) is 14.2 Å². The molecule has 0 saturated carbocycles. The highest BCUT2D eigenvalue weighted by atomic mass is 35.5. The molecule has 6 rings (SSSR count). The third-order valence-electron chi connectivity index (χ3n) is 11.7. The van der Waals surface area contributed by atoms with Gasteiger partial charge in [0, 0.05) is 67.6 Å². The molecule has 0 aliphatic rings. The fourth-order valence-electron chi connectivity index (χ4n) is 8.73. The predicted molar refractivity (Wildman–Crippen MR) is 269 cm³/mol. The van der Waals surface area contributed by atoms with Crippen LogP contribution in [0, 0.1) is 13.8 Å². The lowest BCUT2D eigenvalue weighted by Gasteiger charge is -2.39. The summed E-state index contributed by atoms with van der Waals surface area (Å²) in [5, 5.41) is 4.32. The Kier molecular flexibility index (Phi) is 16.4. The van der Waals surface area contributed by atoms with Crippen LogP contribution in [0.1, 0.15) is 87.5 Å². The van der Waals surface area contributed by atoms with E-state index >= 15 is 4.79 Å². The second-order valence-corrected chi connectivity index (χ2v) is 21.6. The number of halogens is 2. The second-order valence-electron chi connectivity index (χ2n) is 17.0. The number of carbonyl (C=O) groups excluding carboxylic acids is 1. The van der Waals surface area contributed by atoms with Crippen LogP contribution in [0.4, 0.5) is 0 Å². The molecule has 0 heterocycles. The van der Waals surface area contributed by atoms with Crippen LogP contribution in [0.2, 0.25) is 0 Å². The molecule has 0 spiro atoms.